The van der Waals surface area contributed by atoms with E-state index >= 15 is 0 Å². The van der Waals surface area contributed by atoms with Gasteiger partial charge in [-0.1, -0.05) is 13.8 Å². The summed E-state index contributed by atoms with van der Waals surface area (Å²) in [6.07, 6.45) is 2.35. The number of nitrogens with one attached hydrogen (secondary N) is 1. The number of methoxy groups -OCH3 is 1. The third-order valence-electron chi connectivity index (χ3n) is 4.17. The minimum absolute atomic E-state index is 0.276. The van der Waals surface area contributed by atoms with Gasteiger partial charge in [0, 0.05) is 30.9 Å². The summed E-state index contributed by atoms with van der Waals surface area (Å²) < 4.78 is 5.21. The number of hydrogen-bond acceptors (Lipinski definition) is 3. The zero-order valence-electron chi connectivity index (χ0n) is 11.7. The molecule has 0 amide bonds. The van der Waals surface area contributed by atoms with Gasteiger partial charge in [0.05, 0.1) is 7.11 Å². The van der Waals surface area contributed by atoms with Crippen molar-refractivity contribution in [3.05, 3.63) is 24.3 Å². The number of nitrogens with zero attached hydrogens (tertiary/aromatic N) is 1. The molecule has 1 aromatic rings. The first kappa shape index (κ1) is 13.2. The van der Waals surface area contributed by atoms with Gasteiger partial charge in [0.2, 0.25) is 0 Å². The number of piperazine rings is 1. The predicted octanol–water partition coefficient (Wildman–Crippen LogP) is 2.66. The van der Waals surface area contributed by atoms with Crippen molar-refractivity contribution in [2.75, 3.05) is 31.6 Å². The van der Waals surface area contributed by atoms with Gasteiger partial charge in [0.1, 0.15) is 5.75 Å². The highest BCUT2D eigenvalue weighted by Crippen LogP contribution is 2.26. The average Bonchev–Trinajstić information content (AvgIpc) is 2.47. The largest absolute Gasteiger partial charge is 0.497 e. The molecule has 0 saturated carbocycles. The molecule has 1 saturated heterocycles. The van der Waals surface area contributed by atoms with Crippen LogP contribution in [0.5, 0.6) is 5.75 Å². The second-order valence-corrected chi connectivity index (χ2v) is 5.03. The number of benzene rings is 1. The van der Waals surface area contributed by atoms with Gasteiger partial charge < -0.3 is 15.0 Å². The number of hydrogen-bond donors (Lipinski definition) is 1. The van der Waals surface area contributed by atoms with E-state index in [-0.39, 0.29) is 5.54 Å². The van der Waals surface area contributed by atoms with Crippen LogP contribution in [-0.2, 0) is 0 Å². The molecule has 1 N–H and O–H groups in total. The maximum Gasteiger partial charge on any atom is 0.119 e. The lowest BCUT2D eigenvalue weighted by atomic mass is 9.90. The Kier molecular flexibility index (Phi) is 4.12. The van der Waals surface area contributed by atoms with Gasteiger partial charge in [-0.05, 0) is 37.1 Å². The Balaban J connectivity index is 2.12. The maximum atomic E-state index is 5.21. The predicted molar refractivity (Wildman–Crippen MR) is 76.5 cm³/mol. The summed E-state index contributed by atoms with van der Waals surface area (Å²) in [4.78, 5) is 2.48. The highest BCUT2D eigenvalue weighted by molar-refractivity contribution is 5.50. The Morgan fingerprint density at radius 2 is 1.89 bits per heavy atom. The van der Waals surface area contributed by atoms with E-state index in [9.17, 15) is 0 Å². The van der Waals surface area contributed by atoms with Gasteiger partial charge in [-0.2, -0.15) is 0 Å². The van der Waals surface area contributed by atoms with Crippen molar-refractivity contribution in [2.24, 2.45) is 0 Å². The first-order valence-corrected chi connectivity index (χ1v) is 6.87. The van der Waals surface area contributed by atoms with Crippen LogP contribution in [0, 0.1) is 0 Å². The summed E-state index contributed by atoms with van der Waals surface area (Å²) in [6.45, 7) is 7.77. The molecule has 0 radical (unpaired) electrons. The monoisotopic (exact) mass is 248 g/mol. The Hall–Kier alpha value is -1.22. The smallest absolute Gasteiger partial charge is 0.119 e. The first-order chi connectivity index (χ1) is 8.73. The second-order valence-electron chi connectivity index (χ2n) is 5.03. The molecule has 1 aliphatic heterocycles. The highest BCUT2D eigenvalue weighted by atomic mass is 16.5. The average molecular weight is 248 g/mol. The molecule has 1 heterocycles. The van der Waals surface area contributed by atoms with Crippen LogP contribution in [0.15, 0.2) is 24.3 Å². The van der Waals surface area contributed by atoms with Gasteiger partial charge in [-0.15, -0.1) is 0 Å². The van der Waals surface area contributed by atoms with Crippen molar-refractivity contribution in [1.29, 1.82) is 0 Å². The first-order valence-electron chi connectivity index (χ1n) is 6.87. The molecule has 3 heteroatoms. The fourth-order valence-electron chi connectivity index (χ4n) is 2.69. The maximum absolute atomic E-state index is 5.21. The van der Waals surface area contributed by atoms with Crippen LogP contribution in [0.4, 0.5) is 5.69 Å². The van der Waals surface area contributed by atoms with Crippen molar-refractivity contribution in [3.8, 4) is 5.75 Å². The van der Waals surface area contributed by atoms with Crippen LogP contribution >= 0.6 is 0 Å². The summed E-state index contributed by atoms with van der Waals surface area (Å²) in [6, 6.07) is 8.38. The Morgan fingerprint density at radius 1 is 1.22 bits per heavy atom. The van der Waals surface area contributed by atoms with Crippen molar-refractivity contribution in [3.63, 3.8) is 0 Å². The molecule has 0 spiro atoms. The molecule has 3 nitrogen and oxygen atoms in total. The molecule has 1 aliphatic rings. The van der Waals surface area contributed by atoms with Crippen LogP contribution in [0.1, 0.15) is 26.7 Å². The molecule has 0 aromatic heterocycles. The van der Waals surface area contributed by atoms with E-state index in [4.69, 9.17) is 4.74 Å². The molecule has 1 fully saturated rings. The van der Waals surface area contributed by atoms with Crippen molar-refractivity contribution < 1.29 is 4.74 Å². The number of anilines is 1. The van der Waals surface area contributed by atoms with E-state index in [1.54, 1.807) is 7.11 Å². The summed E-state index contributed by atoms with van der Waals surface area (Å²) >= 11 is 0. The highest BCUT2D eigenvalue weighted by Gasteiger charge is 2.31. The Bertz CT molecular complexity index is 371. The van der Waals surface area contributed by atoms with Crippen molar-refractivity contribution >= 4 is 5.69 Å². The molecular weight excluding hydrogens is 224 g/mol. The van der Waals surface area contributed by atoms with Gasteiger partial charge in [-0.3, -0.25) is 0 Å². The van der Waals surface area contributed by atoms with E-state index in [2.05, 4.69) is 36.2 Å². The lowest BCUT2D eigenvalue weighted by Gasteiger charge is -2.44. The second kappa shape index (κ2) is 5.61. The molecule has 0 bridgehead atoms. The Labute approximate surface area is 110 Å². The zero-order chi connectivity index (χ0) is 13.0. The minimum Gasteiger partial charge on any atom is -0.497 e. The topological polar surface area (TPSA) is 24.5 Å². The third kappa shape index (κ3) is 2.61. The lowest BCUT2D eigenvalue weighted by molar-refractivity contribution is 0.277. The molecule has 0 aliphatic carbocycles. The van der Waals surface area contributed by atoms with E-state index < -0.39 is 0 Å². The number of rotatable bonds is 4. The van der Waals surface area contributed by atoms with Crippen molar-refractivity contribution in [1.82, 2.24) is 5.32 Å². The fraction of sp³-hybridized carbons (Fsp3) is 0.600. The van der Waals surface area contributed by atoms with E-state index in [0.717, 1.165) is 25.4 Å². The molecule has 0 atom stereocenters. The molecular formula is C15H24N2O. The Morgan fingerprint density at radius 3 is 2.44 bits per heavy atom. The van der Waals surface area contributed by atoms with E-state index in [1.165, 1.54) is 18.5 Å². The fourth-order valence-corrected chi connectivity index (χ4v) is 2.69. The molecule has 2 rings (SSSR count). The van der Waals surface area contributed by atoms with Gasteiger partial charge in [0.25, 0.3) is 0 Å². The molecule has 18 heavy (non-hydrogen) atoms. The normalized spacial score (nSPS) is 18.7. The molecule has 1 aromatic carbocycles. The summed E-state index contributed by atoms with van der Waals surface area (Å²) in [5.41, 5.74) is 1.57. The van der Waals surface area contributed by atoms with Gasteiger partial charge in [-0.25, -0.2) is 0 Å². The van der Waals surface area contributed by atoms with Crippen molar-refractivity contribution in [2.45, 2.75) is 32.2 Å². The minimum atomic E-state index is 0.276. The third-order valence-corrected chi connectivity index (χ3v) is 4.17. The molecule has 0 unspecified atom stereocenters. The lowest BCUT2D eigenvalue weighted by Crippen LogP contribution is -2.60. The summed E-state index contributed by atoms with van der Waals surface area (Å²) in [7, 11) is 1.71. The van der Waals surface area contributed by atoms with Crippen LogP contribution < -0.4 is 15.0 Å². The zero-order valence-corrected chi connectivity index (χ0v) is 11.7. The standard InChI is InChI=1S/C15H24N2O/c1-4-15(5-2)12-17(11-10-16-15)13-6-8-14(18-3)9-7-13/h6-9,16H,4-5,10-12H2,1-3H3. The SMILES string of the molecule is CCC1(CC)CN(c2ccc(OC)cc2)CCN1. The summed E-state index contributed by atoms with van der Waals surface area (Å²) in [5, 5.41) is 3.69. The van der Waals surface area contributed by atoms with Crippen LogP contribution in [-0.4, -0.2) is 32.3 Å². The van der Waals surface area contributed by atoms with Crippen LogP contribution in [0.3, 0.4) is 0 Å². The van der Waals surface area contributed by atoms with E-state index in [0.29, 0.717) is 0 Å². The van der Waals surface area contributed by atoms with Gasteiger partial charge >= 0.3 is 0 Å². The van der Waals surface area contributed by atoms with Crippen LogP contribution in [0.25, 0.3) is 0 Å². The quantitative estimate of drug-likeness (QED) is 0.886. The van der Waals surface area contributed by atoms with E-state index in [1.807, 2.05) is 12.1 Å². The van der Waals surface area contributed by atoms with Crippen LogP contribution in [0.2, 0.25) is 0 Å². The molecule has 100 valence electrons. The summed E-state index contributed by atoms with van der Waals surface area (Å²) in [5.74, 6) is 0.922. The number of ether oxygens (including phenoxy) is 1. The van der Waals surface area contributed by atoms with Gasteiger partial charge in [0.15, 0.2) is 0 Å².